The number of hydrogen-bond donors (Lipinski definition) is 0. The molecule has 0 saturated carbocycles. The van der Waals surface area contributed by atoms with Crippen molar-refractivity contribution in [2.45, 2.75) is 105 Å². The SMILES string of the molecule is Cc1cc(C(C)C)c(OC(=O)OC(C)(C)C)c(-c2c(C)c(C)cc(C(C)C)c2OP2OC(c3ccccc3)(c3ccccc3)C(c3ccccc3)(c3ccccc3)O2)c1C. The summed E-state index contributed by atoms with van der Waals surface area (Å²) in [5.74, 6) is 1.16. The first-order valence-electron chi connectivity index (χ1n) is 20.9. The standard InChI is InChI=1S/C53H57O6P/c1-34(2)44-32-36(5)38(7)46(48(44)55-50(54)56-51(9,10)11)47-39(8)37(6)33-45(35(3)4)49(47)57-60-58-52(40-24-16-12-17-25-40,41-26-18-13-19-27-41)53(59-60,42-28-20-14-21-29-42)43-30-22-15-23-31-43/h12-35H,1-11H3. The van der Waals surface area contributed by atoms with Crippen LogP contribution in [0.15, 0.2) is 133 Å². The third kappa shape index (κ3) is 7.78. The molecule has 6 nitrogen and oxygen atoms in total. The van der Waals surface area contributed by atoms with Gasteiger partial charge in [-0.15, -0.1) is 0 Å². The van der Waals surface area contributed by atoms with Crippen molar-refractivity contribution in [1.29, 1.82) is 0 Å². The zero-order valence-corrected chi connectivity index (χ0v) is 37.6. The molecule has 1 saturated heterocycles. The van der Waals surface area contributed by atoms with Gasteiger partial charge in [0.15, 0.2) is 11.2 Å². The van der Waals surface area contributed by atoms with Gasteiger partial charge >= 0.3 is 14.8 Å². The van der Waals surface area contributed by atoms with Crippen LogP contribution < -0.4 is 9.26 Å². The van der Waals surface area contributed by atoms with Crippen LogP contribution in [-0.4, -0.2) is 11.8 Å². The van der Waals surface area contributed by atoms with Crippen molar-refractivity contribution in [3.8, 4) is 22.6 Å². The summed E-state index contributed by atoms with van der Waals surface area (Å²) in [5, 5.41) is 0. The molecule has 0 aromatic heterocycles. The smallest absolute Gasteiger partial charge is 0.428 e. The van der Waals surface area contributed by atoms with Crippen LogP contribution in [0.4, 0.5) is 4.79 Å². The van der Waals surface area contributed by atoms with Crippen molar-refractivity contribution in [3.05, 3.63) is 189 Å². The fraction of sp³-hybridized carbons (Fsp3) is 0.302. The van der Waals surface area contributed by atoms with E-state index in [-0.39, 0.29) is 11.8 Å². The summed E-state index contributed by atoms with van der Waals surface area (Å²) >= 11 is 0. The molecule has 0 amide bonds. The zero-order chi connectivity index (χ0) is 43.0. The molecule has 7 heteroatoms. The lowest BCUT2D eigenvalue weighted by atomic mass is 9.66. The first kappa shape index (κ1) is 42.8. The van der Waals surface area contributed by atoms with Gasteiger partial charge in [-0.2, -0.15) is 0 Å². The van der Waals surface area contributed by atoms with Gasteiger partial charge in [0, 0.05) is 11.1 Å². The molecule has 60 heavy (non-hydrogen) atoms. The van der Waals surface area contributed by atoms with Gasteiger partial charge < -0.3 is 14.0 Å². The molecule has 1 aliphatic rings. The second-order valence-corrected chi connectivity index (χ2v) is 18.4. The molecule has 310 valence electrons. The molecule has 0 unspecified atom stereocenters. The van der Waals surface area contributed by atoms with E-state index in [1.54, 1.807) is 0 Å². The van der Waals surface area contributed by atoms with Crippen molar-refractivity contribution >= 4 is 14.8 Å². The van der Waals surface area contributed by atoms with E-state index in [1.165, 1.54) is 0 Å². The quantitative estimate of drug-likeness (QED) is 0.0779. The Morgan fingerprint density at radius 3 is 1.22 bits per heavy atom. The molecule has 0 radical (unpaired) electrons. The van der Waals surface area contributed by atoms with E-state index < -0.39 is 31.6 Å². The predicted octanol–water partition coefficient (Wildman–Crippen LogP) is 14.7. The Labute approximate surface area is 357 Å². The summed E-state index contributed by atoms with van der Waals surface area (Å²) < 4.78 is 34.8. The van der Waals surface area contributed by atoms with Crippen molar-refractivity contribution in [1.82, 2.24) is 0 Å². The lowest BCUT2D eigenvalue weighted by Crippen LogP contribution is -2.48. The molecule has 0 N–H and O–H groups in total. The number of benzene rings is 6. The summed E-state index contributed by atoms with van der Waals surface area (Å²) in [6.45, 7) is 22.5. The van der Waals surface area contributed by atoms with Gasteiger partial charge in [0.1, 0.15) is 17.1 Å². The molecule has 7 rings (SSSR count). The van der Waals surface area contributed by atoms with Crippen LogP contribution in [0.5, 0.6) is 11.5 Å². The highest BCUT2D eigenvalue weighted by Crippen LogP contribution is 2.71. The Kier molecular flexibility index (Phi) is 12.1. The average molecular weight is 821 g/mol. The lowest BCUT2D eigenvalue weighted by Gasteiger charge is -2.43. The van der Waals surface area contributed by atoms with Crippen molar-refractivity contribution in [2.24, 2.45) is 0 Å². The van der Waals surface area contributed by atoms with Crippen LogP contribution in [0.3, 0.4) is 0 Å². The van der Waals surface area contributed by atoms with Crippen molar-refractivity contribution in [3.63, 3.8) is 0 Å². The molecule has 6 aromatic carbocycles. The van der Waals surface area contributed by atoms with Crippen LogP contribution in [0, 0.1) is 27.7 Å². The van der Waals surface area contributed by atoms with Crippen LogP contribution >= 0.6 is 8.60 Å². The summed E-state index contributed by atoms with van der Waals surface area (Å²) in [6, 6.07) is 45.7. The van der Waals surface area contributed by atoms with E-state index >= 15 is 0 Å². The second-order valence-electron chi connectivity index (χ2n) is 17.4. The molecule has 1 fully saturated rings. The summed E-state index contributed by atoms with van der Waals surface area (Å²) in [7, 11) is -2.18. The third-order valence-electron chi connectivity index (χ3n) is 11.5. The van der Waals surface area contributed by atoms with Crippen molar-refractivity contribution < 1.29 is 27.8 Å². The van der Waals surface area contributed by atoms with E-state index in [4.69, 9.17) is 23.0 Å². The Hall–Kier alpha value is -5.26. The first-order chi connectivity index (χ1) is 28.6. The molecular formula is C53H57O6P. The normalized spacial score (nSPS) is 15.0. The minimum absolute atomic E-state index is 0.0279. The van der Waals surface area contributed by atoms with Crippen molar-refractivity contribution in [2.75, 3.05) is 0 Å². The highest BCUT2D eigenvalue weighted by molar-refractivity contribution is 7.42. The molecule has 1 aliphatic heterocycles. The van der Waals surface area contributed by atoms with E-state index in [0.717, 1.165) is 66.8 Å². The molecule has 0 aliphatic carbocycles. The highest BCUT2D eigenvalue weighted by atomic mass is 31.2. The molecule has 0 spiro atoms. The maximum absolute atomic E-state index is 13.6. The Bertz CT molecular complexity index is 2290. The number of rotatable bonds is 10. The maximum atomic E-state index is 13.6. The Morgan fingerprint density at radius 1 is 0.550 bits per heavy atom. The van der Waals surface area contributed by atoms with Gasteiger partial charge in [-0.3, -0.25) is 9.05 Å². The summed E-state index contributed by atoms with van der Waals surface area (Å²) in [4.78, 5) is 13.6. The molecule has 1 heterocycles. The van der Waals surface area contributed by atoms with Crippen LogP contribution in [0.1, 0.15) is 116 Å². The van der Waals surface area contributed by atoms with E-state index in [1.807, 2.05) is 93.6 Å². The van der Waals surface area contributed by atoms with Crippen LogP contribution in [0.25, 0.3) is 11.1 Å². The first-order valence-corrected chi connectivity index (χ1v) is 22.0. The fourth-order valence-electron chi connectivity index (χ4n) is 8.39. The second kappa shape index (κ2) is 17.0. The van der Waals surface area contributed by atoms with Crippen LogP contribution in [-0.2, 0) is 25.0 Å². The number of carbonyl (C=O) groups excluding carboxylic acids is 1. The number of hydrogen-bond acceptors (Lipinski definition) is 6. The minimum atomic E-state index is -2.18. The predicted molar refractivity (Wildman–Crippen MR) is 243 cm³/mol. The molecule has 6 aromatic rings. The third-order valence-corrected chi connectivity index (χ3v) is 12.7. The van der Waals surface area contributed by atoms with Crippen LogP contribution in [0.2, 0.25) is 0 Å². The van der Waals surface area contributed by atoms with Gasteiger partial charge in [0.25, 0.3) is 0 Å². The fourth-order valence-corrected chi connectivity index (χ4v) is 9.97. The Morgan fingerprint density at radius 2 is 0.883 bits per heavy atom. The number of aryl methyl sites for hydroxylation is 2. The molecular weight excluding hydrogens is 764 g/mol. The minimum Gasteiger partial charge on any atom is -0.428 e. The largest absolute Gasteiger partial charge is 0.514 e. The Balaban J connectivity index is 1.54. The number of ether oxygens (including phenoxy) is 2. The van der Waals surface area contributed by atoms with E-state index in [2.05, 4.69) is 116 Å². The van der Waals surface area contributed by atoms with Gasteiger partial charge in [-0.1, -0.05) is 161 Å². The van der Waals surface area contributed by atoms with Gasteiger partial charge in [0.05, 0.1) is 0 Å². The zero-order valence-electron chi connectivity index (χ0n) is 36.8. The molecule has 0 bridgehead atoms. The summed E-state index contributed by atoms with van der Waals surface area (Å²) in [6.07, 6.45) is -0.761. The average Bonchev–Trinajstić information content (AvgIpc) is 3.58. The van der Waals surface area contributed by atoms with E-state index in [0.29, 0.717) is 11.5 Å². The lowest BCUT2D eigenvalue weighted by molar-refractivity contribution is 0.00370. The van der Waals surface area contributed by atoms with Gasteiger partial charge in [-0.25, -0.2) is 4.79 Å². The van der Waals surface area contributed by atoms with Gasteiger partial charge in [-0.05, 0) is 116 Å². The maximum Gasteiger partial charge on any atom is 0.514 e. The summed E-state index contributed by atoms with van der Waals surface area (Å²) in [5.41, 5.74) is 8.14. The highest BCUT2D eigenvalue weighted by Gasteiger charge is 2.67. The van der Waals surface area contributed by atoms with E-state index in [9.17, 15) is 4.79 Å². The van der Waals surface area contributed by atoms with Gasteiger partial charge in [0.2, 0.25) is 0 Å². The molecule has 0 atom stereocenters. The number of carbonyl (C=O) groups is 1. The topological polar surface area (TPSA) is 63.2 Å². The monoisotopic (exact) mass is 820 g/mol.